The van der Waals surface area contributed by atoms with E-state index in [4.69, 9.17) is 11.6 Å². The number of hydrogen-bond acceptors (Lipinski definition) is 4. The Morgan fingerprint density at radius 3 is 2.86 bits per heavy atom. The van der Waals surface area contributed by atoms with Crippen LogP contribution in [0, 0.1) is 6.92 Å². The Bertz CT molecular complexity index is 1050. The van der Waals surface area contributed by atoms with Crippen LogP contribution in [0.15, 0.2) is 42.6 Å². The van der Waals surface area contributed by atoms with E-state index in [0.717, 1.165) is 42.6 Å². The van der Waals surface area contributed by atoms with Crippen LogP contribution in [0.2, 0.25) is 5.02 Å². The fourth-order valence-corrected chi connectivity index (χ4v) is 4.20. The monoisotopic (exact) mass is 408 g/mol. The zero-order valence-corrected chi connectivity index (χ0v) is 17.5. The molecule has 29 heavy (non-hydrogen) atoms. The van der Waals surface area contributed by atoms with Gasteiger partial charge in [-0.05, 0) is 56.9 Å². The lowest BCUT2D eigenvalue weighted by atomic mass is 9.98. The number of nitrogens with one attached hydrogen (secondary N) is 1. The Balaban J connectivity index is 1.83. The minimum atomic E-state index is 0.0149. The highest BCUT2D eigenvalue weighted by molar-refractivity contribution is 6.33. The summed E-state index contributed by atoms with van der Waals surface area (Å²) in [6, 6.07) is 11.7. The molecule has 4 rings (SSSR count). The van der Waals surface area contributed by atoms with E-state index in [9.17, 15) is 4.79 Å². The molecule has 0 bridgehead atoms. The van der Waals surface area contributed by atoms with Crippen molar-refractivity contribution < 1.29 is 4.79 Å². The molecule has 0 radical (unpaired) electrons. The number of anilines is 2. The van der Waals surface area contributed by atoms with Crippen LogP contribution in [-0.2, 0) is 0 Å². The standard InChI is InChI=1S/C23H25ClN4O/c1-3-16-8-6-7-13-28(16)23(29)18-14-25-22-17(12-11-15(2)26-22)21(18)27-20-10-5-4-9-19(20)24/h4-5,9-12,14,16H,3,6-8,13H2,1-2H3,(H,25,26,27)/t16-/m0/s1. The first-order chi connectivity index (χ1) is 14.1. The molecule has 0 unspecified atom stereocenters. The Labute approximate surface area is 176 Å². The number of rotatable bonds is 4. The van der Waals surface area contributed by atoms with Crippen LogP contribution in [0.25, 0.3) is 11.0 Å². The number of benzene rings is 1. The summed E-state index contributed by atoms with van der Waals surface area (Å²) in [4.78, 5) is 24.6. The van der Waals surface area contributed by atoms with E-state index in [1.807, 2.05) is 48.2 Å². The number of halogens is 1. The molecule has 2 aromatic heterocycles. The third-order valence-corrected chi connectivity index (χ3v) is 5.92. The predicted octanol–water partition coefficient (Wildman–Crippen LogP) is 5.74. The first-order valence-corrected chi connectivity index (χ1v) is 10.5. The van der Waals surface area contributed by atoms with Gasteiger partial charge in [-0.2, -0.15) is 0 Å². The number of pyridine rings is 2. The molecular weight excluding hydrogens is 384 g/mol. The zero-order chi connectivity index (χ0) is 20.4. The van der Waals surface area contributed by atoms with Gasteiger partial charge in [-0.3, -0.25) is 4.79 Å². The third kappa shape index (κ3) is 3.92. The van der Waals surface area contributed by atoms with Gasteiger partial charge >= 0.3 is 0 Å². The lowest BCUT2D eigenvalue weighted by molar-refractivity contribution is 0.0609. The fourth-order valence-electron chi connectivity index (χ4n) is 4.01. The van der Waals surface area contributed by atoms with Crippen LogP contribution >= 0.6 is 11.6 Å². The molecule has 0 saturated carbocycles. The van der Waals surface area contributed by atoms with Crippen molar-refractivity contribution in [3.05, 3.63) is 58.9 Å². The number of nitrogens with zero attached hydrogens (tertiary/aromatic N) is 3. The van der Waals surface area contributed by atoms with Crippen molar-refractivity contribution in [1.82, 2.24) is 14.9 Å². The molecule has 6 heteroatoms. The summed E-state index contributed by atoms with van der Waals surface area (Å²) in [6.07, 6.45) is 5.87. The van der Waals surface area contributed by atoms with E-state index in [0.29, 0.717) is 21.9 Å². The maximum absolute atomic E-state index is 13.6. The van der Waals surface area contributed by atoms with E-state index >= 15 is 0 Å². The van der Waals surface area contributed by atoms with Crippen molar-refractivity contribution in [2.45, 2.75) is 45.6 Å². The number of fused-ring (bicyclic) bond motifs is 1. The summed E-state index contributed by atoms with van der Waals surface area (Å²) in [5.74, 6) is 0.0149. The van der Waals surface area contributed by atoms with Crippen LogP contribution < -0.4 is 5.32 Å². The molecule has 1 aliphatic rings. The lowest BCUT2D eigenvalue weighted by Gasteiger charge is -2.35. The molecule has 3 aromatic rings. The molecule has 1 fully saturated rings. The van der Waals surface area contributed by atoms with Crippen molar-refractivity contribution in [3.63, 3.8) is 0 Å². The second-order valence-corrected chi connectivity index (χ2v) is 7.94. The summed E-state index contributed by atoms with van der Waals surface area (Å²) in [7, 11) is 0. The van der Waals surface area contributed by atoms with E-state index < -0.39 is 0 Å². The molecule has 0 aliphatic carbocycles. The number of piperidine rings is 1. The van der Waals surface area contributed by atoms with Crippen LogP contribution in [0.3, 0.4) is 0 Å². The molecule has 5 nitrogen and oxygen atoms in total. The number of hydrogen-bond donors (Lipinski definition) is 1. The largest absolute Gasteiger partial charge is 0.353 e. The molecule has 0 spiro atoms. The number of amides is 1. The molecule has 1 atom stereocenters. The van der Waals surface area contributed by atoms with Gasteiger partial charge in [0.05, 0.1) is 22.0 Å². The first kappa shape index (κ1) is 19.6. The van der Waals surface area contributed by atoms with E-state index in [1.165, 1.54) is 6.42 Å². The van der Waals surface area contributed by atoms with Crippen LogP contribution in [-0.4, -0.2) is 33.4 Å². The molecular formula is C23H25ClN4O. The smallest absolute Gasteiger partial charge is 0.257 e. The summed E-state index contributed by atoms with van der Waals surface area (Å²) in [5.41, 5.74) is 3.52. The van der Waals surface area contributed by atoms with Gasteiger partial charge in [0.15, 0.2) is 5.65 Å². The van der Waals surface area contributed by atoms with Gasteiger partial charge in [-0.1, -0.05) is 30.7 Å². The molecule has 1 aromatic carbocycles. The number of aryl methyl sites for hydroxylation is 1. The Kier molecular flexibility index (Phi) is 5.67. The molecule has 1 saturated heterocycles. The predicted molar refractivity (Wildman–Crippen MR) is 118 cm³/mol. The number of carbonyl (C=O) groups excluding carboxylic acids is 1. The van der Waals surface area contributed by atoms with Crippen molar-refractivity contribution >= 4 is 39.9 Å². The average molecular weight is 409 g/mol. The topological polar surface area (TPSA) is 58.1 Å². The van der Waals surface area contributed by atoms with Gasteiger partial charge in [-0.15, -0.1) is 0 Å². The summed E-state index contributed by atoms with van der Waals surface area (Å²) < 4.78 is 0. The molecule has 150 valence electrons. The van der Waals surface area contributed by atoms with Gasteiger partial charge in [0.1, 0.15) is 0 Å². The number of likely N-dealkylation sites (tertiary alicyclic amines) is 1. The number of aromatic nitrogens is 2. The van der Waals surface area contributed by atoms with Gasteiger partial charge in [0.2, 0.25) is 0 Å². The Morgan fingerprint density at radius 1 is 1.24 bits per heavy atom. The van der Waals surface area contributed by atoms with Crippen LogP contribution in [0.1, 0.15) is 48.7 Å². The van der Waals surface area contributed by atoms with Crippen molar-refractivity contribution in [3.8, 4) is 0 Å². The maximum atomic E-state index is 13.6. The van der Waals surface area contributed by atoms with Gasteiger partial charge in [-0.25, -0.2) is 9.97 Å². The highest BCUT2D eigenvalue weighted by Gasteiger charge is 2.29. The molecule has 1 N–H and O–H groups in total. The van der Waals surface area contributed by atoms with Crippen molar-refractivity contribution in [2.75, 3.05) is 11.9 Å². The summed E-state index contributed by atoms with van der Waals surface area (Å²) >= 11 is 6.39. The SMILES string of the molecule is CC[C@H]1CCCCN1C(=O)c1cnc2nc(C)ccc2c1Nc1ccccc1Cl. The third-order valence-electron chi connectivity index (χ3n) is 5.59. The Morgan fingerprint density at radius 2 is 2.07 bits per heavy atom. The van der Waals surface area contributed by atoms with E-state index in [-0.39, 0.29) is 11.9 Å². The van der Waals surface area contributed by atoms with E-state index in [2.05, 4.69) is 22.2 Å². The van der Waals surface area contributed by atoms with E-state index in [1.54, 1.807) is 6.20 Å². The van der Waals surface area contributed by atoms with Crippen molar-refractivity contribution in [1.29, 1.82) is 0 Å². The molecule has 1 aliphatic heterocycles. The minimum Gasteiger partial charge on any atom is -0.353 e. The normalized spacial score (nSPS) is 16.8. The molecule has 1 amide bonds. The van der Waals surface area contributed by atoms with Crippen molar-refractivity contribution in [2.24, 2.45) is 0 Å². The summed E-state index contributed by atoms with van der Waals surface area (Å²) in [5, 5.41) is 4.81. The quantitative estimate of drug-likeness (QED) is 0.598. The number of carbonyl (C=O) groups is 1. The number of para-hydroxylation sites is 1. The van der Waals surface area contributed by atoms with Gasteiger partial charge in [0, 0.05) is 29.9 Å². The van der Waals surface area contributed by atoms with Crippen LogP contribution in [0.4, 0.5) is 11.4 Å². The zero-order valence-electron chi connectivity index (χ0n) is 16.8. The highest BCUT2D eigenvalue weighted by Crippen LogP contribution is 2.33. The highest BCUT2D eigenvalue weighted by atomic mass is 35.5. The average Bonchev–Trinajstić information content (AvgIpc) is 2.74. The maximum Gasteiger partial charge on any atom is 0.257 e. The van der Waals surface area contributed by atoms with Crippen LogP contribution in [0.5, 0.6) is 0 Å². The molecule has 3 heterocycles. The lowest BCUT2D eigenvalue weighted by Crippen LogP contribution is -2.43. The van der Waals surface area contributed by atoms with Gasteiger partial charge < -0.3 is 10.2 Å². The fraction of sp³-hybridized carbons (Fsp3) is 0.348. The second kappa shape index (κ2) is 8.37. The Hall–Kier alpha value is -2.66. The minimum absolute atomic E-state index is 0.0149. The van der Waals surface area contributed by atoms with Gasteiger partial charge in [0.25, 0.3) is 5.91 Å². The second-order valence-electron chi connectivity index (χ2n) is 7.53. The first-order valence-electron chi connectivity index (χ1n) is 10.2. The summed E-state index contributed by atoms with van der Waals surface area (Å²) in [6.45, 7) is 4.86.